The number of hydrogen-bond acceptors (Lipinski definition) is 3. The minimum absolute atomic E-state index is 0.0812. The Kier molecular flexibility index (Phi) is 4.55. The molecule has 23 heavy (non-hydrogen) atoms. The van der Waals surface area contributed by atoms with E-state index in [1.165, 1.54) is 6.07 Å². The van der Waals surface area contributed by atoms with Gasteiger partial charge in [-0.15, -0.1) is 0 Å². The third-order valence-corrected chi connectivity index (χ3v) is 5.10. The van der Waals surface area contributed by atoms with Gasteiger partial charge in [-0.05, 0) is 43.9 Å². The van der Waals surface area contributed by atoms with Crippen molar-refractivity contribution in [1.82, 2.24) is 9.88 Å². The number of nitrogens with zero attached hydrogens (tertiary/aromatic N) is 1. The van der Waals surface area contributed by atoms with Crippen molar-refractivity contribution >= 4 is 32.7 Å². The average Bonchev–Trinajstić information content (AvgIpc) is 2.54. The number of H-pyrrole nitrogens is 1. The zero-order valence-corrected chi connectivity index (χ0v) is 14.6. The minimum Gasteiger partial charge on any atom is -0.339 e. The molecule has 1 amide bonds. The summed E-state index contributed by atoms with van der Waals surface area (Å²) in [4.78, 5) is 29.3. The number of nitrogens with two attached hydrogens (primary N) is 1. The molecule has 1 aromatic carbocycles. The van der Waals surface area contributed by atoms with Crippen molar-refractivity contribution in [3.63, 3.8) is 0 Å². The van der Waals surface area contributed by atoms with Gasteiger partial charge in [0.1, 0.15) is 0 Å². The summed E-state index contributed by atoms with van der Waals surface area (Å²) in [6.45, 7) is 3.39. The predicted molar refractivity (Wildman–Crippen MR) is 94.5 cm³/mol. The molecule has 6 heteroatoms. The van der Waals surface area contributed by atoms with Crippen molar-refractivity contribution in [2.75, 3.05) is 13.1 Å². The maximum atomic E-state index is 12.9. The lowest BCUT2D eigenvalue weighted by Gasteiger charge is -2.33. The molecule has 0 radical (unpaired) electrons. The van der Waals surface area contributed by atoms with Crippen LogP contribution in [0.25, 0.3) is 10.9 Å². The molecule has 1 atom stereocenters. The Bertz CT molecular complexity index is 792. The SMILES string of the molecule is CC(N)C1CCN(C(=O)c2cc(=O)[nH]c3ccc(Br)cc23)CC1. The van der Waals surface area contributed by atoms with Gasteiger partial charge in [0.25, 0.3) is 5.91 Å². The quantitative estimate of drug-likeness (QED) is 0.843. The number of aromatic nitrogens is 1. The van der Waals surface area contributed by atoms with Crippen LogP contribution in [0.5, 0.6) is 0 Å². The highest BCUT2D eigenvalue weighted by Gasteiger charge is 2.26. The van der Waals surface area contributed by atoms with E-state index in [0.29, 0.717) is 30.1 Å². The molecule has 1 unspecified atom stereocenters. The van der Waals surface area contributed by atoms with E-state index in [2.05, 4.69) is 20.9 Å². The summed E-state index contributed by atoms with van der Waals surface area (Å²) in [5.74, 6) is 0.381. The van der Waals surface area contributed by atoms with Gasteiger partial charge in [0.05, 0.1) is 5.56 Å². The highest BCUT2D eigenvalue weighted by atomic mass is 79.9. The monoisotopic (exact) mass is 377 g/mol. The smallest absolute Gasteiger partial charge is 0.254 e. The first kappa shape index (κ1) is 16.2. The van der Waals surface area contributed by atoms with Crippen LogP contribution >= 0.6 is 15.9 Å². The van der Waals surface area contributed by atoms with E-state index in [9.17, 15) is 9.59 Å². The fourth-order valence-corrected chi connectivity index (χ4v) is 3.56. The number of nitrogens with one attached hydrogen (secondary N) is 1. The van der Waals surface area contributed by atoms with E-state index in [0.717, 1.165) is 22.7 Å². The first-order chi connectivity index (χ1) is 11.0. The lowest BCUT2D eigenvalue weighted by molar-refractivity contribution is 0.0683. The molecule has 1 aliphatic rings. The molecule has 3 N–H and O–H groups in total. The Balaban J connectivity index is 1.92. The number of carbonyl (C=O) groups excluding carboxylic acids is 1. The lowest BCUT2D eigenvalue weighted by atomic mass is 9.90. The second-order valence-electron chi connectivity index (χ2n) is 6.23. The lowest BCUT2D eigenvalue weighted by Crippen LogP contribution is -2.42. The first-order valence-corrected chi connectivity index (χ1v) is 8.62. The van der Waals surface area contributed by atoms with Gasteiger partial charge in [0, 0.05) is 40.6 Å². The van der Waals surface area contributed by atoms with Crippen molar-refractivity contribution in [1.29, 1.82) is 0 Å². The van der Waals surface area contributed by atoms with Crippen molar-refractivity contribution in [2.24, 2.45) is 11.7 Å². The number of rotatable bonds is 2. The molecule has 122 valence electrons. The number of benzene rings is 1. The van der Waals surface area contributed by atoms with Gasteiger partial charge in [-0.25, -0.2) is 0 Å². The molecular formula is C17H20BrN3O2. The van der Waals surface area contributed by atoms with Gasteiger partial charge in [-0.2, -0.15) is 0 Å². The fraction of sp³-hybridized carbons (Fsp3) is 0.412. The zero-order valence-electron chi connectivity index (χ0n) is 13.0. The Hall–Kier alpha value is -1.66. The average molecular weight is 378 g/mol. The van der Waals surface area contributed by atoms with Gasteiger partial charge in [-0.1, -0.05) is 15.9 Å². The fourth-order valence-electron chi connectivity index (χ4n) is 3.20. The number of aromatic amines is 1. The standard InChI is InChI=1S/C17H20BrN3O2/c1-10(19)11-4-6-21(7-5-11)17(23)14-9-16(22)20-15-3-2-12(18)8-13(14)15/h2-3,8-11H,4-7,19H2,1H3,(H,20,22). The van der Waals surface area contributed by atoms with E-state index in [1.807, 2.05) is 24.0 Å². The van der Waals surface area contributed by atoms with Crippen molar-refractivity contribution in [3.05, 3.63) is 44.7 Å². The van der Waals surface area contributed by atoms with Crippen molar-refractivity contribution in [2.45, 2.75) is 25.8 Å². The third kappa shape index (κ3) is 3.33. The predicted octanol–water partition coefficient (Wildman–Crippen LogP) is 2.49. The van der Waals surface area contributed by atoms with E-state index < -0.39 is 0 Å². The van der Waals surface area contributed by atoms with Crippen LogP contribution in [-0.4, -0.2) is 34.9 Å². The Morgan fingerprint density at radius 2 is 2.04 bits per heavy atom. The van der Waals surface area contributed by atoms with Gasteiger partial charge < -0.3 is 15.6 Å². The first-order valence-electron chi connectivity index (χ1n) is 7.83. The summed E-state index contributed by atoms with van der Waals surface area (Å²) in [5, 5.41) is 0.762. The van der Waals surface area contributed by atoms with Gasteiger partial charge in [0.15, 0.2) is 0 Å². The van der Waals surface area contributed by atoms with Gasteiger partial charge in [0.2, 0.25) is 5.56 Å². The molecule has 0 bridgehead atoms. The van der Waals surface area contributed by atoms with Crippen LogP contribution in [0.2, 0.25) is 0 Å². The van der Waals surface area contributed by atoms with Crippen LogP contribution in [0.3, 0.4) is 0 Å². The maximum absolute atomic E-state index is 12.9. The maximum Gasteiger partial charge on any atom is 0.254 e. The van der Waals surface area contributed by atoms with Crippen LogP contribution in [0.15, 0.2) is 33.5 Å². The highest BCUT2D eigenvalue weighted by molar-refractivity contribution is 9.10. The topological polar surface area (TPSA) is 79.2 Å². The second kappa shape index (κ2) is 6.45. The number of likely N-dealkylation sites (tertiary alicyclic amines) is 1. The molecule has 0 spiro atoms. The molecule has 1 aromatic heterocycles. The largest absolute Gasteiger partial charge is 0.339 e. The molecule has 0 saturated carbocycles. The molecular weight excluding hydrogens is 358 g/mol. The molecule has 1 fully saturated rings. The van der Waals surface area contributed by atoms with Crippen LogP contribution in [-0.2, 0) is 0 Å². The number of fused-ring (bicyclic) bond motifs is 1. The van der Waals surface area contributed by atoms with Crippen molar-refractivity contribution in [3.8, 4) is 0 Å². The number of halogens is 1. The van der Waals surface area contributed by atoms with E-state index >= 15 is 0 Å². The highest BCUT2D eigenvalue weighted by Crippen LogP contribution is 2.25. The number of carbonyl (C=O) groups is 1. The summed E-state index contributed by atoms with van der Waals surface area (Å²) in [7, 11) is 0. The number of pyridine rings is 1. The normalized spacial score (nSPS) is 17.4. The summed E-state index contributed by atoms with van der Waals surface area (Å²) in [6.07, 6.45) is 1.82. The van der Waals surface area contributed by atoms with Gasteiger partial charge in [-0.3, -0.25) is 9.59 Å². The Morgan fingerprint density at radius 1 is 1.35 bits per heavy atom. The molecule has 0 aliphatic carbocycles. The van der Waals surface area contributed by atoms with Crippen LogP contribution in [0.1, 0.15) is 30.1 Å². The summed E-state index contributed by atoms with van der Waals surface area (Å²) in [6, 6.07) is 7.08. The van der Waals surface area contributed by atoms with E-state index in [1.54, 1.807) is 6.07 Å². The van der Waals surface area contributed by atoms with Gasteiger partial charge >= 0.3 is 0 Å². The van der Waals surface area contributed by atoms with Crippen molar-refractivity contribution < 1.29 is 4.79 Å². The molecule has 1 saturated heterocycles. The summed E-state index contributed by atoms with van der Waals surface area (Å²) in [5.41, 5.74) is 6.84. The number of hydrogen-bond donors (Lipinski definition) is 2. The molecule has 3 rings (SSSR count). The number of piperidine rings is 1. The van der Waals surface area contributed by atoms with Crippen LogP contribution < -0.4 is 11.3 Å². The molecule has 1 aliphatic heterocycles. The Morgan fingerprint density at radius 3 is 2.70 bits per heavy atom. The summed E-state index contributed by atoms with van der Waals surface area (Å²) >= 11 is 3.42. The second-order valence-corrected chi connectivity index (χ2v) is 7.14. The van der Waals surface area contributed by atoms with E-state index in [-0.39, 0.29) is 17.5 Å². The van der Waals surface area contributed by atoms with Crippen LogP contribution in [0.4, 0.5) is 0 Å². The molecule has 2 heterocycles. The molecule has 5 nitrogen and oxygen atoms in total. The zero-order chi connectivity index (χ0) is 16.6. The third-order valence-electron chi connectivity index (χ3n) is 4.61. The summed E-state index contributed by atoms with van der Waals surface area (Å²) < 4.78 is 0.877. The minimum atomic E-state index is -0.256. The van der Waals surface area contributed by atoms with Crippen LogP contribution in [0, 0.1) is 5.92 Å². The number of amides is 1. The molecule has 2 aromatic rings. The Labute approximate surface area is 143 Å². The van der Waals surface area contributed by atoms with E-state index in [4.69, 9.17) is 5.73 Å².